The highest BCUT2D eigenvalue weighted by molar-refractivity contribution is 5.92. The van der Waals surface area contributed by atoms with Crippen molar-refractivity contribution in [1.29, 1.82) is 0 Å². The van der Waals surface area contributed by atoms with E-state index in [1.54, 1.807) is 18.0 Å². The van der Waals surface area contributed by atoms with Crippen LogP contribution in [0.15, 0.2) is 42.6 Å². The molecule has 4 aliphatic rings. The number of carbonyl (C=O) groups excluding carboxylic acids is 4. The summed E-state index contributed by atoms with van der Waals surface area (Å²) in [6.07, 6.45) is 5.94. The summed E-state index contributed by atoms with van der Waals surface area (Å²) < 4.78 is 7.38. The molecule has 6 amide bonds. The summed E-state index contributed by atoms with van der Waals surface area (Å²) in [6.45, 7) is 7.82. The summed E-state index contributed by atoms with van der Waals surface area (Å²) in [7, 11) is 0.0000194. The fourth-order valence-electron chi connectivity index (χ4n) is 8.32. The molecule has 0 aliphatic carbocycles. The van der Waals surface area contributed by atoms with Crippen molar-refractivity contribution in [2.75, 3.05) is 51.6 Å². The molecule has 1 spiro atoms. The fraction of sp³-hybridized carbons (Fsp3) is 0.541. The van der Waals surface area contributed by atoms with Gasteiger partial charge in [0.25, 0.3) is 0 Å². The van der Waals surface area contributed by atoms with Crippen LogP contribution < -0.4 is 16.0 Å². The van der Waals surface area contributed by atoms with Crippen LogP contribution in [0, 0.1) is 12.3 Å². The van der Waals surface area contributed by atoms with Crippen LogP contribution >= 0.6 is 0 Å². The lowest BCUT2D eigenvalue weighted by atomic mass is 9.77. The number of aromatic amines is 1. The van der Waals surface area contributed by atoms with Crippen molar-refractivity contribution >= 4 is 40.5 Å². The first-order valence-corrected chi connectivity index (χ1v) is 17.9. The van der Waals surface area contributed by atoms with E-state index >= 15 is 0 Å². The monoisotopic (exact) mass is 684 g/mol. The number of anilines is 1. The Hall–Kier alpha value is -4.65. The van der Waals surface area contributed by atoms with Gasteiger partial charge in [0.1, 0.15) is 6.04 Å². The average Bonchev–Trinajstić information content (AvgIpc) is 3.79. The predicted octanol–water partition coefficient (Wildman–Crippen LogP) is 3.45. The van der Waals surface area contributed by atoms with Crippen molar-refractivity contribution in [1.82, 2.24) is 40.4 Å². The number of nitrogens with one attached hydrogen (secondary N) is 4. The predicted molar refractivity (Wildman–Crippen MR) is 190 cm³/mol. The Kier molecular flexibility index (Phi) is 9.07. The molecule has 13 heteroatoms. The molecule has 1 aromatic heterocycles. The quantitative estimate of drug-likeness (QED) is 0.300. The molecule has 2 aromatic carbocycles. The van der Waals surface area contributed by atoms with E-state index in [9.17, 15) is 19.2 Å². The van der Waals surface area contributed by atoms with Crippen LogP contribution in [-0.4, -0.2) is 118 Å². The van der Waals surface area contributed by atoms with E-state index in [0.29, 0.717) is 65.1 Å². The minimum Gasteiger partial charge on any atom is -0.341 e. The zero-order chi connectivity index (χ0) is 35.7. The van der Waals surface area contributed by atoms with Crippen LogP contribution in [0.25, 0.3) is 10.9 Å². The molecule has 2 atom stereocenters. The molecule has 50 heavy (non-hydrogen) atoms. The Labute approximate surface area is 294 Å². The lowest BCUT2D eigenvalue weighted by Gasteiger charge is -2.41. The molecule has 0 unspecified atom stereocenters. The number of carbonyl (C=O) groups is 4. The maximum atomic E-state index is 14.4. The number of likely N-dealkylation sites (N-methyl/N-ethyl adjacent to an activating group) is 1. The number of benzene rings is 2. The van der Waals surface area contributed by atoms with Gasteiger partial charge in [-0.3, -0.25) is 14.7 Å². The Morgan fingerprint density at radius 3 is 2.52 bits per heavy atom. The Morgan fingerprint density at radius 1 is 1.02 bits per heavy atom. The van der Waals surface area contributed by atoms with Gasteiger partial charge in [0, 0.05) is 70.7 Å². The Bertz CT molecular complexity index is 1780. The van der Waals surface area contributed by atoms with Crippen molar-refractivity contribution in [2.24, 2.45) is 5.41 Å². The topological polar surface area (TPSA) is 146 Å². The molecule has 0 radical (unpaired) electrons. The Morgan fingerprint density at radius 2 is 1.76 bits per heavy atom. The first-order valence-electron chi connectivity index (χ1n) is 18.6. The van der Waals surface area contributed by atoms with Crippen molar-refractivity contribution < 1.29 is 20.5 Å². The van der Waals surface area contributed by atoms with Crippen LogP contribution in [0.1, 0.15) is 57.1 Å². The number of amides is 6. The molecule has 0 bridgehead atoms. The lowest BCUT2D eigenvalue weighted by molar-refractivity contribution is -0.136. The van der Waals surface area contributed by atoms with Gasteiger partial charge in [-0.25, -0.2) is 9.59 Å². The first-order chi connectivity index (χ1) is 24.6. The zero-order valence-corrected chi connectivity index (χ0v) is 29.0. The highest BCUT2D eigenvalue weighted by atomic mass is 16.2. The number of H-pyrrole nitrogens is 1. The highest BCUT2D eigenvalue weighted by Crippen LogP contribution is 2.41. The summed E-state index contributed by atoms with van der Waals surface area (Å²) >= 11 is 0. The van der Waals surface area contributed by atoms with Crippen LogP contribution in [0.3, 0.4) is 0 Å². The molecule has 4 aliphatic heterocycles. The fourth-order valence-corrected chi connectivity index (χ4v) is 8.32. The molecule has 3 saturated heterocycles. The third-order valence-corrected chi connectivity index (χ3v) is 11.5. The number of likely N-dealkylation sites (tertiary alicyclic amines) is 3. The van der Waals surface area contributed by atoms with E-state index in [1.165, 1.54) is 0 Å². The standard InChI is InChI=1S/C37H49N9O4/c1-24-18-26(19-28-21-39-42-32(24)28)20-31(34(48)45-17-12-37(23-45)10-15-43(16-11-37)33(47)25(2)38-3)41-35(49)44-13-8-29(9-14-44)46-22-27-6-4-5-7-30(27)40-36(46)50/h4-7,18-19,21,25,29,31,38H,8-17,20,22-23H2,1-3H3,(H,39,42)(H,40,50)(H,41,49)/t25-,31-/m0/s1/i3D. The van der Waals surface area contributed by atoms with E-state index in [0.717, 1.165) is 52.5 Å². The molecule has 266 valence electrons. The van der Waals surface area contributed by atoms with Gasteiger partial charge in [0.05, 0.1) is 17.8 Å². The molecular formula is C37H49N9O4. The molecule has 5 heterocycles. The maximum Gasteiger partial charge on any atom is 0.322 e. The van der Waals surface area contributed by atoms with Crippen LogP contribution in [0.5, 0.6) is 0 Å². The second-order valence-corrected chi connectivity index (χ2v) is 14.6. The number of hydrogen-bond acceptors (Lipinski definition) is 6. The number of hydrogen-bond donors (Lipinski definition) is 4. The van der Waals surface area contributed by atoms with Crippen molar-refractivity contribution in [3.8, 4) is 0 Å². The van der Waals surface area contributed by atoms with Crippen LogP contribution in [0.2, 0.25) is 0 Å². The molecule has 0 saturated carbocycles. The van der Waals surface area contributed by atoms with Gasteiger partial charge in [-0.2, -0.15) is 5.10 Å². The molecular weight excluding hydrogens is 634 g/mol. The van der Waals surface area contributed by atoms with Gasteiger partial charge in [0.15, 0.2) is 0 Å². The highest BCUT2D eigenvalue weighted by Gasteiger charge is 2.44. The molecule has 3 aromatic rings. The van der Waals surface area contributed by atoms with Gasteiger partial charge < -0.3 is 35.6 Å². The van der Waals surface area contributed by atoms with E-state index < -0.39 is 6.04 Å². The maximum absolute atomic E-state index is 14.4. The van der Waals surface area contributed by atoms with Crippen molar-refractivity contribution in [3.63, 3.8) is 0 Å². The van der Waals surface area contributed by atoms with E-state index in [2.05, 4.69) is 32.2 Å². The number of para-hydroxylation sites is 1. The van der Waals surface area contributed by atoms with Gasteiger partial charge in [0.2, 0.25) is 11.8 Å². The van der Waals surface area contributed by atoms with E-state index in [1.807, 2.05) is 52.0 Å². The van der Waals surface area contributed by atoms with Gasteiger partial charge in [-0.1, -0.05) is 24.3 Å². The van der Waals surface area contributed by atoms with Crippen molar-refractivity contribution in [3.05, 3.63) is 59.3 Å². The normalized spacial score (nSPS) is 20.8. The van der Waals surface area contributed by atoms with Crippen LogP contribution in [-0.2, 0) is 22.6 Å². The third-order valence-electron chi connectivity index (χ3n) is 11.5. The largest absolute Gasteiger partial charge is 0.341 e. The number of fused-ring (bicyclic) bond motifs is 2. The summed E-state index contributed by atoms with van der Waals surface area (Å²) in [5, 5.41) is 17.2. The minimum atomic E-state index is -0.753. The first kappa shape index (κ1) is 32.5. The number of nitrogens with zero attached hydrogens (tertiary/aromatic N) is 5. The molecule has 4 N–H and O–H groups in total. The van der Waals surface area contributed by atoms with Gasteiger partial charge >= 0.3 is 12.1 Å². The van der Waals surface area contributed by atoms with E-state index in [4.69, 9.17) is 1.37 Å². The van der Waals surface area contributed by atoms with E-state index in [-0.39, 0.29) is 48.4 Å². The number of aryl methyl sites for hydroxylation is 1. The number of piperidine rings is 2. The van der Waals surface area contributed by atoms with Gasteiger partial charge in [-0.15, -0.1) is 0 Å². The summed E-state index contributed by atoms with van der Waals surface area (Å²) in [5.74, 6) is -0.0697. The molecule has 3 fully saturated rings. The summed E-state index contributed by atoms with van der Waals surface area (Å²) in [5.41, 5.74) is 4.81. The summed E-state index contributed by atoms with van der Waals surface area (Å²) in [6, 6.07) is 10.4. The number of urea groups is 2. The minimum absolute atomic E-state index is 0.0000194. The second kappa shape index (κ2) is 13.9. The average molecular weight is 685 g/mol. The third kappa shape index (κ3) is 6.75. The lowest BCUT2D eigenvalue weighted by Crippen LogP contribution is -2.56. The smallest absolute Gasteiger partial charge is 0.322 e. The van der Waals surface area contributed by atoms with Gasteiger partial charge in [-0.05, 0) is 87.2 Å². The zero-order valence-electron chi connectivity index (χ0n) is 30.0. The second-order valence-electron chi connectivity index (χ2n) is 14.6. The molecule has 7 rings (SSSR count). The molecule has 13 nitrogen and oxygen atoms in total. The van der Waals surface area contributed by atoms with Crippen molar-refractivity contribution in [2.45, 2.75) is 77.0 Å². The number of aromatic nitrogens is 2. The number of rotatable bonds is 7. The SMILES string of the molecule is [2H]CN[C@@H](C)C(=O)N1CCC2(CC1)CCN(C(=O)[C@H](Cc1cc(C)c3[nH]ncc3c1)NC(=O)N1CCC(N3Cc4ccccc4NC3=O)CC1)C2. The Balaban J connectivity index is 1.01. The summed E-state index contributed by atoms with van der Waals surface area (Å²) in [4.78, 5) is 61.4. The van der Waals surface area contributed by atoms with Crippen LogP contribution in [0.4, 0.5) is 15.3 Å².